The van der Waals surface area contributed by atoms with E-state index in [9.17, 15) is 24.0 Å². The van der Waals surface area contributed by atoms with Gasteiger partial charge < -0.3 is 9.63 Å². The van der Waals surface area contributed by atoms with Crippen LogP contribution in [0.25, 0.3) is 0 Å². The van der Waals surface area contributed by atoms with Crippen LogP contribution < -0.4 is 0 Å². The molecule has 1 saturated heterocycles. The molecular formula is C13H12NO6U-. The number of imide groups is 1. The van der Waals surface area contributed by atoms with Crippen LogP contribution >= 0.6 is 0 Å². The van der Waals surface area contributed by atoms with E-state index in [-0.39, 0.29) is 68.4 Å². The molecule has 2 amide bonds. The molecule has 0 aromatic carbocycles. The first-order valence-corrected chi connectivity index (χ1v) is 6.15. The number of nitrogens with zero attached hydrogens (tertiary/aromatic N) is 1. The van der Waals surface area contributed by atoms with Crippen molar-refractivity contribution >= 4 is 29.4 Å². The summed E-state index contributed by atoms with van der Waals surface area (Å²) < 4.78 is 0. The van der Waals surface area contributed by atoms with Crippen LogP contribution in [0.15, 0.2) is 12.2 Å². The molecule has 0 saturated carbocycles. The van der Waals surface area contributed by atoms with Crippen molar-refractivity contribution in [2.24, 2.45) is 5.92 Å². The van der Waals surface area contributed by atoms with Gasteiger partial charge in [-0.25, -0.2) is 4.79 Å². The molecule has 1 aliphatic heterocycles. The second-order valence-electron chi connectivity index (χ2n) is 4.48. The van der Waals surface area contributed by atoms with E-state index in [1.54, 1.807) is 0 Å². The molecule has 0 N–H and O–H groups in total. The van der Waals surface area contributed by atoms with Crippen molar-refractivity contribution in [2.45, 2.75) is 25.7 Å². The average Bonchev–Trinajstić information content (AvgIpc) is 2.88. The molecule has 0 bridgehead atoms. The van der Waals surface area contributed by atoms with Crippen LogP contribution in [0.3, 0.4) is 0 Å². The second-order valence-corrected chi connectivity index (χ2v) is 4.48. The Hall–Kier alpha value is -1.39. The first-order valence-electron chi connectivity index (χ1n) is 6.15. The summed E-state index contributed by atoms with van der Waals surface area (Å²) in [4.78, 5) is 61.0. The number of ketones is 2. The third kappa shape index (κ3) is 4.29. The molecule has 1 heterocycles. The fourth-order valence-electron chi connectivity index (χ4n) is 1.98. The van der Waals surface area contributed by atoms with E-state index >= 15 is 0 Å². The standard InChI is InChI=1S/C13H12NO6.U/c15-9-4-5-10(16)8(9)2-1-3-13(19)20-14-11(17)6-7-12(14)18;/h4-6,8H,1-3,7H2;/q-1;. The van der Waals surface area contributed by atoms with Gasteiger partial charge in [0.25, 0.3) is 0 Å². The molecule has 21 heavy (non-hydrogen) atoms. The minimum absolute atomic E-state index is 0. The fraction of sp³-hybridized carbons (Fsp3) is 0.385. The van der Waals surface area contributed by atoms with Crippen LogP contribution in [0.2, 0.25) is 0 Å². The van der Waals surface area contributed by atoms with Gasteiger partial charge in [-0.15, -0.1) is 5.06 Å². The van der Waals surface area contributed by atoms with E-state index in [0.717, 1.165) is 6.42 Å². The van der Waals surface area contributed by atoms with E-state index in [1.807, 2.05) is 0 Å². The number of hydrogen-bond donors (Lipinski definition) is 0. The molecule has 0 unspecified atom stereocenters. The minimum Gasteiger partial charge on any atom is -0.333 e. The van der Waals surface area contributed by atoms with Gasteiger partial charge in [-0.3, -0.25) is 20.8 Å². The first-order chi connectivity index (χ1) is 9.49. The maximum Gasteiger partial charge on any atom is 0.333 e. The molecule has 0 spiro atoms. The molecule has 8 heteroatoms. The molecule has 1 aliphatic carbocycles. The number of rotatable bonds is 5. The van der Waals surface area contributed by atoms with Crippen molar-refractivity contribution in [1.82, 2.24) is 5.06 Å². The van der Waals surface area contributed by atoms with E-state index in [0.29, 0.717) is 5.06 Å². The van der Waals surface area contributed by atoms with Crippen LogP contribution in [0.5, 0.6) is 0 Å². The quantitative estimate of drug-likeness (QED) is 0.288. The Morgan fingerprint density at radius 3 is 2.38 bits per heavy atom. The van der Waals surface area contributed by atoms with Gasteiger partial charge in [-0.1, -0.05) is 6.42 Å². The van der Waals surface area contributed by atoms with Gasteiger partial charge in [-0.2, -0.15) is 0 Å². The number of carbonyl (C=O) groups is 5. The van der Waals surface area contributed by atoms with E-state index in [2.05, 4.69) is 4.84 Å². The molecular weight excluding hydrogens is 504 g/mol. The zero-order valence-electron chi connectivity index (χ0n) is 11.0. The van der Waals surface area contributed by atoms with Crippen molar-refractivity contribution in [3.8, 4) is 0 Å². The first kappa shape index (κ1) is 17.7. The van der Waals surface area contributed by atoms with Crippen molar-refractivity contribution in [1.29, 1.82) is 0 Å². The third-order valence-electron chi connectivity index (χ3n) is 3.04. The molecule has 1 fully saturated rings. The zero-order chi connectivity index (χ0) is 14.7. The molecule has 7 nitrogen and oxygen atoms in total. The van der Waals surface area contributed by atoms with Gasteiger partial charge in [0.15, 0.2) is 11.6 Å². The molecule has 110 valence electrons. The fourth-order valence-corrected chi connectivity index (χ4v) is 1.98. The summed E-state index contributed by atoms with van der Waals surface area (Å²) in [7, 11) is 0. The van der Waals surface area contributed by atoms with Crippen molar-refractivity contribution in [3.05, 3.63) is 18.6 Å². The Labute approximate surface area is 144 Å². The van der Waals surface area contributed by atoms with Crippen molar-refractivity contribution < 1.29 is 59.9 Å². The average molecular weight is 516 g/mol. The molecule has 0 radical (unpaired) electrons. The van der Waals surface area contributed by atoms with Gasteiger partial charge in [0.05, 0.1) is 5.92 Å². The summed E-state index contributed by atoms with van der Waals surface area (Å²) in [5.74, 6) is -3.23. The second kappa shape index (κ2) is 7.57. The largest absolute Gasteiger partial charge is 0.333 e. The molecule has 2 aliphatic rings. The van der Waals surface area contributed by atoms with E-state index in [1.165, 1.54) is 12.2 Å². The Morgan fingerprint density at radius 2 is 1.86 bits per heavy atom. The Morgan fingerprint density at radius 1 is 1.24 bits per heavy atom. The van der Waals surface area contributed by atoms with Crippen LogP contribution in [0, 0.1) is 43.5 Å². The Balaban J connectivity index is 0.00000220. The smallest absolute Gasteiger partial charge is 0.333 e. The van der Waals surface area contributed by atoms with Gasteiger partial charge >= 0.3 is 5.97 Å². The SMILES string of the molecule is O=C(CCCC1C(=O)C=CC1=O)ON1C(=O)[CH-]CC1=O.[U]. The zero-order valence-corrected chi connectivity index (χ0v) is 15.2. The summed E-state index contributed by atoms with van der Waals surface area (Å²) >= 11 is 0. The van der Waals surface area contributed by atoms with Gasteiger partial charge in [0.2, 0.25) is 5.91 Å². The van der Waals surface area contributed by atoms with Crippen LogP contribution in [0.4, 0.5) is 0 Å². The number of allylic oxidation sites excluding steroid dienone is 2. The van der Waals surface area contributed by atoms with Gasteiger partial charge in [0, 0.05) is 37.5 Å². The number of hydrogen-bond acceptors (Lipinski definition) is 6. The van der Waals surface area contributed by atoms with Gasteiger partial charge in [0.1, 0.15) is 5.91 Å². The molecule has 0 atom stereocenters. The maximum atomic E-state index is 11.5. The number of hydroxylamine groups is 2. The van der Waals surface area contributed by atoms with Crippen LogP contribution in [-0.4, -0.2) is 34.4 Å². The van der Waals surface area contributed by atoms with Crippen LogP contribution in [0.1, 0.15) is 25.7 Å². The summed E-state index contributed by atoms with van der Waals surface area (Å²) in [6, 6.07) is 0. The van der Waals surface area contributed by atoms with Crippen molar-refractivity contribution in [3.63, 3.8) is 0 Å². The molecule has 0 aromatic rings. The molecule has 2 rings (SSSR count). The van der Waals surface area contributed by atoms with E-state index in [4.69, 9.17) is 0 Å². The van der Waals surface area contributed by atoms with Gasteiger partial charge in [-0.05, 0) is 25.0 Å². The topological polar surface area (TPSA) is 97.8 Å². The predicted octanol–water partition coefficient (Wildman–Crippen LogP) is -0.0977. The number of amides is 2. The minimum atomic E-state index is -0.743. The van der Waals surface area contributed by atoms with E-state index < -0.39 is 23.7 Å². The normalized spacial score (nSPS) is 18.0. The third-order valence-corrected chi connectivity index (χ3v) is 3.04. The Bertz CT molecular complexity index is 493. The maximum absolute atomic E-state index is 11.5. The Kier molecular flexibility index (Phi) is 6.37. The number of carbonyl (C=O) groups excluding carboxylic acids is 5. The summed E-state index contributed by atoms with van der Waals surface area (Å²) in [6.07, 6.45) is 3.93. The van der Waals surface area contributed by atoms with Crippen molar-refractivity contribution in [2.75, 3.05) is 0 Å². The molecule has 0 aromatic heterocycles. The summed E-state index contributed by atoms with van der Waals surface area (Å²) in [5, 5.41) is 0.426. The predicted molar refractivity (Wildman–Crippen MR) is 63.4 cm³/mol. The monoisotopic (exact) mass is 516 g/mol. The van der Waals surface area contributed by atoms with Crippen LogP contribution in [-0.2, 0) is 28.8 Å². The summed E-state index contributed by atoms with van der Waals surface area (Å²) in [6.45, 7) is 0. The summed E-state index contributed by atoms with van der Waals surface area (Å²) in [5.41, 5.74) is 0.